The normalized spacial score (nSPS) is 11.2. The average Bonchev–Trinajstić information content (AvgIpc) is 2.41. The third-order valence-electron chi connectivity index (χ3n) is 2.41. The summed E-state index contributed by atoms with van der Waals surface area (Å²) in [6.07, 6.45) is 1.13. The third kappa shape index (κ3) is 3.84. The Balaban J connectivity index is 3.30. The van der Waals surface area contributed by atoms with Crippen LogP contribution in [0.15, 0.2) is 23.9 Å². The predicted octanol–water partition coefficient (Wildman–Crippen LogP) is 2.30. The van der Waals surface area contributed by atoms with Gasteiger partial charge < -0.3 is 9.64 Å². The molecule has 0 aliphatic carbocycles. The maximum Gasteiger partial charge on any atom is 0.343 e. The van der Waals surface area contributed by atoms with E-state index in [1.807, 2.05) is 0 Å². The van der Waals surface area contributed by atoms with Gasteiger partial charge in [0.1, 0.15) is 5.57 Å². The molecule has 4 nitrogen and oxygen atoms in total. The van der Waals surface area contributed by atoms with Crippen molar-refractivity contribution >= 4 is 11.8 Å². The molecule has 0 aliphatic rings. The Morgan fingerprint density at radius 2 is 1.81 bits per heavy atom. The number of nitrogens with zero attached hydrogens (tertiary/aromatic N) is 1. The first-order valence-corrected chi connectivity index (χ1v) is 6.03. The Bertz CT molecular complexity index is 597. The lowest BCUT2D eigenvalue weighted by Crippen LogP contribution is -2.20. The fourth-order valence-corrected chi connectivity index (χ4v) is 1.52. The van der Waals surface area contributed by atoms with Crippen LogP contribution in [0.4, 0.5) is 13.2 Å². The maximum absolute atomic E-state index is 13.6. The van der Waals surface area contributed by atoms with Gasteiger partial charge in [-0.25, -0.2) is 18.0 Å². The van der Waals surface area contributed by atoms with Crippen LogP contribution in [0.5, 0.6) is 0 Å². The molecule has 1 aromatic carbocycles. The number of esters is 1. The predicted molar refractivity (Wildman–Crippen MR) is 69.0 cm³/mol. The van der Waals surface area contributed by atoms with Crippen molar-refractivity contribution in [1.29, 1.82) is 0 Å². The van der Waals surface area contributed by atoms with Crippen LogP contribution in [0.3, 0.4) is 0 Å². The third-order valence-corrected chi connectivity index (χ3v) is 2.41. The van der Waals surface area contributed by atoms with Gasteiger partial charge in [-0.2, -0.15) is 0 Å². The number of Topliss-reactive ketones (excluding diaryl/α,β-unsaturated/α-hetero) is 1. The number of ether oxygens (including phenoxy) is 1. The van der Waals surface area contributed by atoms with Gasteiger partial charge in [0.15, 0.2) is 17.5 Å². The van der Waals surface area contributed by atoms with Crippen molar-refractivity contribution in [2.75, 3.05) is 20.7 Å². The first kappa shape index (κ1) is 16.7. The van der Waals surface area contributed by atoms with Crippen LogP contribution in [0.2, 0.25) is 0 Å². The Hall–Kier alpha value is -2.31. The highest BCUT2D eigenvalue weighted by molar-refractivity contribution is 6.24. The van der Waals surface area contributed by atoms with Gasteiger partial charge in [0.05, 0.1) is 12.2 Å². The fourth-order valence-electron chi connectivity index (χ4n) is 1.52. The molecular weight excluding hydrogens is 287 g/mol. The van der Waals surface area contributed by atoms with Crippen LogP contribution >= 0.6 is 0 Å². The number of carbonyl (C=O) groups is 2. The lowest BCUT2D eigenvalue weighted by atomic mass is 10.0. The number of halogens is 3. The fraction of sp³-hybridized carbons (Fsp3) is 0.286. The number of rotatable bonds is 5. The van der Waals surface area contributed by atoms with Crippen molar-refractivity contribution in [3.63, 3.8) is 0 Å². The second-order valence-electron chi connectivity index (χ2n) is 4.28. The van der Waals surface area contributed by atoms with E-state index in [0.717, 1.165) is 12.3 Å². The summed E-state index contributed by atoms with van der Waals surface area (Å²) in [5.41, 5.74) is -1.22. The summed E-state index contributed by atoms with van der Waals surface area (Å²) in [7, 11) is 3.07. The quantitative estimate of drug-likeness (QED) is 0.209. The van der Waals surface area contributed by atoms with Crippen LogP contribution in [0.1, 0.15) is 17.3 Å². The molecule has 1 aromatic rings. The summed E-state index contributed by atoms with van der Waals surface area (Å²) >= 11 is 0. The molecule has 0 heterocycles. The highest BCUT2D eigenvalue weighted by Gasteiger charge is 2.26. The van der Waals surface area contributed by atoms with Crippen LogP contribution in [-0.4, -0.2) is 37.4 Å². The molecule has 0 amide bonds. The van der Waals surface area contributed by atoms with E-state index in [4.69, 9.17) is 4.74 Å². The monoisotopic (exact) mass is 301 g/mol. The van der Waals surface area contributed by atoms with Gasteiger partial charge in [0.2, 0.25) is 5.78 Å². The first-order chi connectivity index (χ1) is 9.79. The summed E-state index contributed by atoms with van der Waals surface area (Å²) in [4.78, 5) is 25.3. The molecule has 0 radical (unpaired) electrons. The summed E-state index contributed by atoms with van der Waals surface area (Å²) in [5, 5.41) is 0. The number of benzene rings is 1. The van der Waals surface area contributed by atoms with E-state index >= 15 is 0 Å². The van der Waals surface area contributed by atoms with E-state index in [1.165, 1.54) is 25.9 Å². The van der Waals surface area contributed by atoms with E-state index in [1.54, 1.807) is 0 Å². The standard InChI is InChI=1S/C14H14F3NO3/c1-4-21-14(20)9(7-18(2)3)13(19)8-5-6-10(15)12(17)11(8)16/h5-7H,4H2,1-3H3/b9-7+. The number of ketones is 1. The van der Waals surface area contributed by atoms with Crippen LogP contribution in [0, 0.1) is 17.5 Å². The summed E-state index contributed by atoms with van der Waals surface area (Å²) < 4.78 is 44.4. The van der Waals surface area contributed by atoms with Crippen molar-refractivity contribution in [2.45, 2.75) is 6.92 Å². The highest BCUT2D eigenvalue weighted by Crippen LogP contribution is 2.19. The van der Waals surface area contributed by atoms with Crippen molar-refractivity contribution in [2.24, 2.45) is 0 Å². The molecule has 0 N–H and O–H groups in total. The Morgan fingerprint density at radius 1 is 1.19 bits per heavy atom. The second kappa shape index (κ2) is 6.92. The molecular formula is C14H14F3NO3. The van der Waals surface area contributed by atoms with E-state index in [9.17, 15) is 22.8 Å². The van der Waals surface area contributed by atoms with E-state index in [0.29, 0.717) is 6.07 Å². The molecule has 0 saturated carbocycles. The Kier molecular flexibility index (Phi) is 5.52. The minimum absolute atomic E-state index is 0.0111. The van der Waals surface area contributed by atoms with Gasteiger partial charge >= 0.3 is 5.97 Å². The summed E-state index contributed by atoms with van der Waals surface area (Å²) in [6, 6.07) is 1.39. The zero-order valence-corrected chi connectivity index (χ0v) is 11.7. The maximum atomic E-state index is 13.6. The van der Waals surface area contributed by atoms with E-state index in [2.05, 4.69) is 0 Å². The second-order valence-corrected chi connectivity index (χ2v) is 4.28. The molecule has 0 fully saturated rings. The van der Waals surface area contributed by atoms with Gasteiger partial charge in [-0.1, -0.05) is 0 Å². The molecule has 0 bridgehead atoms. The molecule has 0 saturated heterocycles. The van der Waals surface area contributed by atoms with Crippen molar-refractivity contribution in [3.8, 4) is 0 Å². The zero-order valence-electron chi connectivity index (χ0n) is 11.7. The van der Waals surface area contributed by atoms with Crippen LogP contribution in [-0.2, 0) is 9.53 Å². The van der Waals surface area contributed by atoms with Crippen LogP contribution < -0.4 is 0 Å². The molecule has 114 valence electrons. The number of carbonyl (C=O) groups excluding carboxylic acids is 2. The number of hydrogen-bond donors (Lipinski definition) is 0. The lowest BCUT2D eigenvalue weighted by Gasteiger charge is -2.11. The number of hydrogen-bond acceptors (Lipinski definition) is 4. The van der Waals surface area contributed by atoms with E-state index in [-0.39, 0.29) is 6.61 Å². The Labute approximate surface area is 119 Å². The molecule has 7 heteroatoms. The first-order valence-electron chi connectivity index (χ1n) is 6.03. The van der Waals surface area contributed by atoms with Gasteiger partial charge in [0, 0.05) is 20.3 Å². The molecule has 0 aliphatic heterocycles. The lowest BCUT2D eigenvalue weighted by molar-refractivity contribution is -0.138. The van der Waals surface area contributed by atoms with Crippen molar-refractivity contribution in [1.82, 2.24) is 4.90 Å². The van der Waals surface area contributed by atoms with Crippen LogP contribution in [0.25, 0.3) is 0 Å². The smallest absolute Gasteiger partial charge is 0.343 e. The highest BCUT2D eigenvalue weighted by atomic mass is 19.2. The molecule has 0 spiro atoms. The summed E-state index contributed by atoms with van der Waals surface area (Å²) in [5.74, 6) is -6.89. The van der Waals surface area contributed by atoms with Crippen molar-refractivity contribution in [3.05, 3.63) is 46.9 Å². The minimum Gasteiger partial charge on any atom is -0.462 e. The molecule has 0 aromatic heterocycles. The Morgan fingerprint density at radius 3 is 2.33 bits per heavy atom. The molecule has 0 unspecified atom stereocenters. The zero-order chi connectivity index (χ0) is 16.2. The van der Waals surface area contributed by atoms with Gasteiger partial charge in [0.25, 0.3) is 0 Å². The van der Waals surface area contributed by atoms with Gasteiger partial charge in [-0.05, 0) is 19.1 Å². The SMILES string of the molecule is CCOC(=O)/C(=C/N(C)C)C(=O)c1ccc(F)c(F)c1F. The van der Waals surface area contributed by atoms with Gasteiger partial charge in [-0.3, -0.25) is 4.79 Å². The summed E-state index contributed by atoms with van der Waals surface area (Å²) in [6.45, 7) is 1.55. The molecule has 1 rings (SSSR count). The topological polar surface area (TPSA) is 46.6 Å². The van der Waals surface area contributed by atoms with Crippen molar-refractivity contribution < 1.29 is 27.5 Å². The van der Waals surface area contributed by atoms with Gasteiger partial charge in [-0.15, -0.1) is 0 Å². The molecule has 21 heavy (non-hydrogen) atoms. The average molecular weight is 301 g/mol. The largest absolute Gasteiger partial charge is 0.462 e. The minimum atomic E-state index is -1.77. The van der Waals surface area contributed by atoms with E-state index < -0.39 is 40.3 Å². The molecule has 0 atom stereocenters.